The number of nitrogens with one attached hydrogen (secondary N) is 2. The van der Waals surface area contributed by atoms with Crippen LogP contribution in [0.15, 0.2) is 66.7 Å². The van der Waals surface area contributed by atoms with E-state index in [0.717, 1.165) is 30.5 Å². The van der Waals surface area contributed by atoms with Crippen LogP contribution >= 0.6 is 0 Å². The number of amides is 2. The van der Waals surface area contributed by atoms with Crippen LogP contribution < -0.4 is 22.1 Å². The van der Waals surface area contributed by atoms with E-state index < -0.39 is 11.9 Å². The topological polar surface area (TPSA) is 110 Å². The number of carbonyl (C=O) groups is 2. The van der Waals surface area contributed by atoms with Crippen molar-refractivity contribution < 1.29 is 9.59 Å². The molecule has 0 radical (unpaired) electrons. The minimum absolute atomic E-state index is 0.293. The average Bonchev–Trinajstić information content (AvgIpc) is 3.26. The number of hydrogen-bond donors (Lipinski definition) is 4. The zero-order chi connectivity index (χ0) is 21.8. The van der Waals surface area contributed by atoms with Crippen LogP contribution in [0.25, 0.3) is 0 Å². The Morgan fingerprint density at radius 3 is 2.48 bits per heavy atom. The highest BCUT2D eigenvalue weighted by molar-refractivity contribution is 6.04. The SMILES string of the molecule is NCc1ccc(N)c(C(=O)N[C@@H](C(=O)Nc2ccc3c(c2)CCC3)c2ccccc2)c1. The van der Waals surface area contributed by atoms with Crippen molar-refractivity contribution in [1.82, 2.24) is 5.32 Å². The predicted molar refractivity (Wildman–Crippen MR) is 122 cm³/mol. The highest BCUT2D eigenvalue weighted by Crippen LogP contribution is 2.26. The molecule has 4 rings (SSSR count). The highest BCUT2D eigenvalue weighted by Gasteiger charge is 2.25. The first kappa shape index (κ1) is 20.6. The molecule has 3 aromatic carbocycles. The van der Waals surface area contributed by atoms with Crippen LogP contribution in [0.3, 0.4) is 0 Å². The van der Waals surface area contributed by atoms with Crippen molar-refractivity contribution in [3.05, 3.63) is 94.5 Å². The van der Waals surface area contributed by atoms with Gasteiger partial charge in [-0.15, -0.1) is 0 Å². The van der Waals surface area contributed by atoms with Crippen LogP contribution in [0.5, 0.6) is 0 Å². The van der Waals surface area contributed by atoms with Gasteiger partial charge in [0.05, 0.1) is 5.56 Å². The van der Waals surface area contributed by atoms with Crippen molar-refractivity contribution in [2.45, 2.75) is 31.8 Å². The summed E-state index contributed by atoms with van der Waals surface area (Å²) in [7, 11) is 0. The zero-order valence-corrected chi connectivity index (χ0v) is 17.2. The van der Waals surface area contributed by atoms with Crippen LogP contribution in [0.2, 0.25) is 0 Å². The fourth-order valence-corrected chi connectivity index (χ4v) is 3.95. The molecule has 1 aliphatic rings. The first-order valence-corrected chi connectivity index (χ1v) is 10.4. The molecule has 1 atom stereocenters. The first-order chi connectivity index (χ1) is 15.0. The number of anilines is 2. The maximum absolute atomic E-state index is 13.2. The third-order valence-electron chi connectivity index (χ3n) is 5.63. The molecular formula is C25H26N4O2. The summed E-state index contributed by atoms with van der Waals surface area (Å²) in [6.45, 7) is 0.293. The Bertz CT molecular complexity index is 1110. The van der Waals surface area contributed by atoms with Gasteiger partial charge in [0.1, 0.15) is 6.04 Å². The van der Waals surface area contributed by atoms with Gasteiger partial charge in [-0.25, -0.2) is 0 Å². The third-order valence-corrected chi connectivity index (χ3v) is 5.63. The number of nitrogens with two attached hydrogens (primary N) is 2. The summed E-state index contributed by atoms with van der Waals surface area (Å²) < 4.78 is 0. The molecule has 0 heterocycles. The van der Waals surface area contributed by atoms with Crippen molar-refractivity contribution in [3.8, 4) is 0 Å². The molecule has 0 saturated carbocycles. The Labute approximate surface area is 181 Å². The van der Waals surface area contributed by atoms with Gasteiger partial charge >= 0.3 is 0 Å². The van der Waals surface area contributed by atoms with Crippen molar-refractivity contribution in [1.29, 1.82) is 0 Å². The Morgan fingerprint density at radius 1 is 0.935 bits per heavy atom. The van der Waals surface area contributed by atoms with Crippen LogP contribution in [-0.2, 0) is 24.2 Å². The zero-order valence-electron chi connectivity index (χ0n) is 17.2. The second kappa shape index (κ2) is 9.02. The molecule has 2 amide bonds. The average molecular weight is 415 g/mol. The summed E-state index contributed by atoms with van der Waals surface area (Å²) in [5, 5.41) is 5.80. The monoisotopic (exact) mass is 414 g/mol. The lowest BCUT2D eigenvalue weighted by Gasteiger charge is -2.20. The molecule has 0 bridgehead atoms. The number of carbonyl (C=O) groups excluding carboxylic acids is 2. The van der Waals surface area contributed by atoms with E-state index in [1.807, 2.05) is 42.5 Å². The molecule has 31 heavy (non-hydrogen) atoms. The Balaban J connectivity index is 1.59. The molecule has 0 fully saturated rings. The van der Waals surface area contributed by atoms with E-state index in [1.165, 1.54) is 11.1 Å². The normalized spacial score (nSPS) is 13.3. The summed E-state index contributed by atoms with van der Waals surface area (Å²) in [6.07, 6.45) is 3.24. The Morgan fingerprint density at radius 2 is 1.71 bits per heavy atom. The molecule has 6 N–H and O–H groups in total. The fraction of sp³-hybridized carbons (Fsp3) is 0.200. The summed E-state index contributed by atoms with van der Waals surface area (Å²) >= 11 is 0. The largest absolute Gasteiger partial charge is 0.398 e. The van der Waals surface area contributed by atoms with Crippen molar-refractivity contribution in [2.75, 3.05) is 11.1 Å². The lowest BCUT2D eigenvalue weighted by atomic mass is 10.0. The summed E-state index contributed by atoms with van der Waals surface area (Å²) in [4.78, 5) is 26.2. The minimum atomic E-state index is -0.872. The third kappa shape index (κ3) is 4.59. The van der Waals surface area contributed by atoms with Gasteiger partial charge in [-0.3, -0.25) is 9.59 Å². The van der Waals surface area contributed by atoms with Crippen LogP contribution in [-0.4, -0.2) is 11.8 Å². The van der Waals surface area contributed by atoms with Gasteiger partial charge in [-0.1, -0.05) is 42.5 Å². The van der Waals surface area contributed by atoms with Gasteiger partial charge in [-0.2, -0.15) is 0 Å². The summed E-state index contributed by atoms with van der Waals surface area (Å²) in [5.74, 6) is -0.739. The molecular weight excluding hydrogens is 388 g/mol. The fourth-order valence-electron chi connectivity index (χ4n) is 3.95. The van der Waals surface area contributed by atoms with Crippen molar-refractivity contribution in [3.63, 3.8) is 0 Å². The highest BCUT2D eigenvalue weighted by atomic mass is 16.2. The van der Waals surface area contributed by atoms with Gasteiger partial charge in [0.2, 0.25) is 0 Å². The van der Waals surface area contributed by atoms with Crippen LogP contribution in [0, 0.1) is 0 Å². The van der Waals surface area contributed by atoms with E-state index in [9.17, 15) is 9.59 Å². The number of fused-ring (bicyclic) bond motifs is 1. The molecule has 0 saturated heterocycles. The predicted octanol–water partition coefficient (Wildman–Crippen LogP) is 3.33. The molecule has 0 spiro atoms. The molecule has 0 unspecified atom stereocenters. The van der Waals surface area contributed by atoms with E-state index in [4.69, 9.17) is 11.5 Å². The number of hydrogen-bond acceptors (Lipinski definition) is 4. The number of rotatable bonds is 6. The number of benzene rings is 3. The van der Waals surface area contributed by atoms with Crippen molar-refractivity contribution >= 4 is 23.2 Å². The molecule has 6 nitrogen and oxygen atoms in total. The van der Waals surface area contributed by atoms with E-state index in [2.05, 4.69) is 16.7 Å². The molecule has 1 aliphatic carbocycles. The lowest BCUT2D eigenvalue weighted by molar-refractivity contribution is -0.118. The summed E-state index contributed by atoms with van der Waals surface area (Å²) in [5.41, 5.74) is 17.1. The molecule has 0 aliphatic heterocycles. The van der Waals surface area contributed by atoms with Gasteiger partial charge < -0.3 is 22.1 Å². The molecule has 3 aromatic rings. The number of aryl methyl sites for hydroxylation is 2. The van der Waals surface area contributed by atoms with E-state index in [0.29, 0.717) is 23.4 Å². The van der Waals surface area contributed by atoms with Gasteiger partial charge in [0.25, 0.3) is 11.8 Å². The van der Waals surface area contributed by atoms with E-state index in [1.54, 1.807) is 18.2 Å². The summed E-state index contributed by atoms with van der Waals surface area (Å²) in [6, 6.07) is 19.4. The second-order valence-corrected chi connectivity index (χ2v) is 7.77. The van der Waals surface area contributed by atoms with E-state index in [-0.39, 0.29) is 5.91 Å². The van der Waals surface area contributed by atoms with Gasteiger partial charge in [0.15, 0.2) is 0 Å². The van der Waals surface area contributed by atoms with Gasteiger partial charge in [-0.05, 0) is 65.8 Å². The van der Waals surface area contributed by atoms with Gasteiger partial charge in [0, 0.05) is 17.9 Å². The molecule has 0 aromatic heterocycles. The lowest BCUT2D eigenvalue weighted by Crippen LogP contribution is -2.37. The molecule has 6 heteroatoms. The minimum Gasteiger partial charge on any atom is -0.398 e. The standard InChI is InChI=1S/C25H26N4O2/c26-15-16-9-12-22(27)21(13-16)24(30)29-23(18-5-2-1-3-6-18)25(31)28-20-11-10-17-7-4-8-19(17)14-20/h1-3,5-6,9-14,23H,4,7-8,15,26-27H2,(H,28,31)(H,29,30)/t23-/m1/s1. The van der Waals surface area contributed by atoms with Crippen molar-refractivity contribution in [2.24, 2.45) is 5.73 Å². The maximum Gasteiger partial charge on any atom is 0.254 e. The quantitative estimate of drug-likeness (QED) is 0.464. The molecule has 158 valence electrons. The first-order valence-electron chi connectivity index (χ1n) is 10.4. The second-order valence-electron chi connectivity index (χ2n) is 7.77. The van der Waals surface area contributed by atoms with E-state index >= 15 is 0 Å². The smallest absolute Gasteiger partial charge is 0.254 e. The maximum atomic E-state index is 13.2. The Hall–Kier alpha value is -3.64. The number of nitrogen functional groups attached to an aromatic ring is 1. The van der Waals surface area contributed by atoms with Crippen LogP contribution in [0.1, 0.15) is 45.1 Å². The van der Waals surface area contributed by atoms with Crippen LogP contribution in [0.4, 0.5) is 11.4 Å². The Kier molecular flexibility index (Phi) is 6.00.